The summed E-state index contributed by atoms with van der Waals surface area (Å²) in [4.78, 5) is 4.06. The second-order valence-corrected chi connectivity index (χ2v) is 7.00. The predicted octanol–water partition coefficient (Wildman–Crippen LogP) is 1.37. The number of imidazole rings is 1. The van der Waals surface area contributed by atoms with Crippen LogP contribution in [0.4, 0.5) is 5.82 Å². The SMILES string of the molecule is CC(C)n1cc(N)nc1CS(=O)(=O)C(C)C. The van der Waals surface area contributed by atoms with E-state index >= 15 is 0 Å². The van der Waals surface area contributed by atoms with E-state index in [0.29, 0.717) is 11.6 Å². The van der Waals surface area contributed by atoms with Crippen LogP contribution in [0.2, 0.25) is 0 Å². The van der Waals surface area contributed by atoms with Crippen LogP contribution in [0.25, 0.3) is 0 Å². The molecule has 5 nitrogen and oxygen atoms in total. The summed E-state index contributed by atoms with van der Waals surface area (Å²) in [7, 11) is -3.13. The molecular weight excluding hydrogens is 226 g/mol. The molecule has 0 aromatic carbocycles. The maximum absolute atomic E-state index is 11.8. The smallest absolute Gasteiger partial charge is 0.159 e. The fraction of sp³-hybridized carbons (Fsp3) is 0.700. The van der Waals surface area contributed by atoms with Crippen molar-refractivity contribution < 1.29 is 8.42 Å². The molecule has 0 bridgehead atoms. The number of rotatable bonds is 4. The Morgan fingerprint density at radius 3 is 2.38 bits per heavy atom. The van der Waals surface area contributed by atoms with E-state index in [2.05, 4.69) is 4.98 Å². The Kier molecular flexibility index (Phi) is 3.62. The molecule has 0 radical (unpaired) electrons. The van der Waals surface area contributed by atoms with Crippen molar-refractivity contribution in [3.8, 4) is 0 Å². The average molecular weight is 245 g/mol. The van der Waals surface area contributed by atoms with Crippen LogP contribution < -0.4 is 5.73 Å². The van der Waals surface area contributed by atoms with Gasteiger partial charge in [0.25, 0.3) is 0 Å². The van der Waals surface area contributed by atoms with Gasteiger partial charge in [-0.2, -0.15) is 0 Å². The van der Waals surface area contributed by atoms with Crippen molar-refractivity contribution >= 4 is 15.7 Å². The van der Waals surface area contributed by atoms with Gasteiger partial charge in [-0.3, -0.25) is 0 Å². The van der Waals surface area contributed by atoms with E-state index in [9.17, 15) is 8.42 Å². The highest BCUT2D eigenvalue weighted by Crippen LogP contribution is 2.16. The zero-order chi connectivity index (χ0) is 12.5. The van der Waals surface area contributed by atoms with Gasteiger partial charge in [-0.1, -0.05) is 0 Å². The number of hydrogen-bond donors (Lipinski definition) is 1. The molecule has 1 aromatic rings. The number of nitrogen functional groups attached to an aromatic ring is 1. The van der Waals surface area contributed by atoms with Gasteiger partial charge in [0, 0.05) is 12.2 Å². The molecule has 2 N–H and O–H groups in total. The molecular formula is C10H19N3O2S. The van der Waals surface area contributed by atoms with Crippen LogP contribution in [-0.4, -0.2) is 23.2 Å². The number of aromatic nitrogens is 2. The van der Waals surface area contributed by atoms with Crippen LogP contribution in [0.3, 0.4) is 0 Å². The zero-order valence-electron chi connectivity index (χ0n) is 10.1. The van der Waals surface area contributed by atoms with Crippen molar-refractivity contribution in [2.75, 3.05) is 5.73 Å². The Labute approximate surface area is 96.6 Å². The summed E-state index contributed by atoms with van der Waals surface area (Å²) in [5.41, 5.74) is 5.59. The summed E-state index contributed by atoms with van der Waals surface area (Å²) in [5.74, 6) is 0.823. The topological polar surface area (TPSA) is 78.0 Å². The molecule has 1 heterocycles. The number of anilines is 1. The largest absolute Gasteiger partial charge is 0.382 e. The second-order valence-electron chi connectivity index (χ2n) is 4.44. The Morgan fingerprint density at radius 2 is 1.94 bits per heavy atom. The number of nitrogens with zero attached hydrogens (tertiary/aromatic N) is 2. The fourth-order valence-electron chi connectivity index (χ4n) is 1.35. The van der Waals surface area contributed by atoms with Crippen molar-refractivity contribution in [2.24, 2.45) is 0 Å². The van der Waals surface area contributed by atoms with Gasteiger partial charge in [0.05, 0.1) is 5.25 Å². The van der Waals surface area contributed by atoms with Gasteiger partial charge in [0.1, 0.15) is 17.4 Å². The van der Waals surface area contributed by atoms with E-state index in [1.54, 1.807) is 24.6 Å². The highest BCUT2D eigenvalue weighted by atomic mass is 32.2. The van der Waals surface area contributed by atoms with Gasteiger partial charge in [-0.05, 0) is 27.7 Å². The maximum Gasteiger partial charge on any atom is 0.159 e. The molecule has 0 spiro atoms. The van der Waals surface area contributed by atoms with Gasteiger partial charge in [-0.15, -0.1) is 0 Å². The first-order valence-corrected chi connectivity index (χ1v) is 7.00. The van der Waals surface area contributed by atoms with E-state index < -0.39 is 15.1 Å². The van der Waals surface area contributed by atoms with E-state index in [1.165, 1.54) is 0 Å². The molecule has 0 atom stereocenters. The monoisotopic (exact) mass is 245 g/mol. The molecule has 92 valence electrons. The molecule has 0 aliphatic rings. The molecule has 0 saturated heterocycles. The number of nitrogens with two attached hydrogens (primary N) is 1. The van der Waals surface area contributed by atoms with Crippen LogP contribution in [0, 0.1) is 0 Å². The van der Waals surface area contributed by atoms with Crippen molar-refractivity contribution in [1.82, 2.24) is 9.55 Å². The normalized spacial score (nSPS) is 12.6. The van der Waals surface area contributed by atoms with Crippen molar-refractivity contribution in [1.29, 1.82) is 0 Å². The van der Waals surface area contributed by atoms with Gasteiger partial charge in [-0.25, -0.2) is 13.4 Å². The van der Waals surface area contributed by atoms with Gasteiger partial charge < -0.3 is 10.3 Å². The molecule has 0 unspecified atom stereocenters. The number of hydrogen-bond acceptors (Lipinski definition) is 4. The lowest BCUT2D eigenvalue weighted by molar-refractivity contribution is 0.562. The van der Waals surface area contributed by atoms with E-state index in [0.717, 1.165) is 0 Å². The third-order valence-electron chi connectivity index (χ3n) is 2.43. The van der Waals surface area contributed by atoms with Crippen LogP contribution in [0.15, 0.2) is 6.20 Å². The Bertz CT molecular complexity index is 460. The Morgan fingerprint density at radius 1 is 1.38 bits per heavy atom. The molecule has 1 aromatic heterocycles. The van der Waals surface area contributed by atoms with Crippen LogP contribution in [0.5, 0.6) is 0 Å². The third-order valence-corrected chi connectivity index (χ3v) is 4.53. The first-order chi connectivity index (χ1) is 7.24. The summed E-state index contributed by atoms with van der Waals surface area (Å²) < 4.78 is 25.4. The highest BCUT2D eigenvalue weighted by molar-refractivity contribution is 7.91. The molecule has 16 heavy (non-hydrogen) atoms. The molecule has 1 rings (SSSR count). The first-order valence-electron chi connectivity index (χ1n) is 5.29. The van der Waals surface area contributed by atoms with Crippen LogP contribution >= 0.6 is 0 Å². The summed E-state index contributed by atoms with van der Waals surface area (Å²) in [6.07, 6.45) is 1.68. The lowest BCUT2D eigenvalue weighted by atomic mass is 10.4. The minimum atomic E-state index is -3.13. The Balaban J connectivity index is 3.06. The minimum Gasteiger partial charge on any atom is -0.382 e. The second kappa shape index (κ2) is 4.45. The maximum atomic E-state index is 11.8. The minimum absolute atomic E-state index is 0.0555. The van der Waals surface area contributed by atoms with E-state index in [-0.39, 0.29) is 11.8 Å². The highest BCUT2D eigenvalue weighted by Gasteiger charge is 2.21. The standard InChI is InChI=1S/C10H19N3O2S/c1-7(2)13-5-9(11)12-10(13)6-16(14,15)8(3)4/h5,7-8H,6,11H2,1-4H3. The van der Waals surface area contributed by atoms with Gasteiger partial charge >= 0.3 is 0 Å². The predicted molar refractivity (Wildman–Crippen MR) is 64.8 cm³/mol. The van der Waals surface area contributed by atoms with E-state index in [1.807, 2.05) is 13.8 Å². The van der Waals surface area contributed by atoms with Crippen molar-refractivity contribution in [3.05, 3.63) is 12.0 Å². The summed E-state index contributed by atoms with van der Waals surface area (Å²) in [5, 5.41) is -0.397. The fourth-order valence-corrected chi connectivity index (χ4v) is 2.26. The van der Waals surface area contributed by atoms with Crippen molar-refractivity contribution in [3.63, 3.8) is 0 Å². The quantitative estimate of drug-likeness (QED) is 0.869. The molecule has 0 saturated carbocycles. The molecule has 0 aliphatic carbocycles. The van der Waals surface area contributed by atoms with Gasteiger partial charge in [0.2, 0.25) is 0 Å². The number of sulfone groups is 1. The Hall–Kier alpha value is -1.04. The van der Waals surface area contributed by atoms with E-state index in [4.69, 9.17) is 5.73 Å². The molecule has 0 aliphatic heterocycles. The summed E-state index contributed by atoms with van der Waals surface area (Å²) >= 11 is 0. The van der Waals surface area contributed by atoms with Crippen LogP contribution in [-0.2, 0) is 15.6 Å². The summed E-state index contributed by atoms with van der Waals surface area (Å²) in [6, 6.07) is 0.155. The molecule has 0 fully saturated rings. The third kappa shape index (κ3) is 2.75. The average Bonchev–Trinajstić information content (AvgIpc) is 2.45. The van der Waals surface area contributed by atoms with Crippen LogP contribution in [0.1, 0.15) is 39.6 Å². The molecule has 6 heteroatoms. The van der Waals surface area contributed by atoms with Crippen molar-refractivity contribution in [2.45, 2.75) is 44.7 Å². The zero-order valence-corrected chi connectivity index (χ0v) is 11.0. The lowest BCUT2D eigenvalue weighted by Gasteiger charge is -2.12. The van der Waals surface area contributed by atoms with Gasteiger partial charge in [0.15, 0.2) is 9.84 Å². The summed E-state index contributed by atoms with van der Waals surface area (Å²) in [6.45, 7) is 7.27. The first kappa shape index (κ1) is 13.0. The lowest BCUT2D eigenvalue weighted by Crippen LogP contribution is -2.19. The molecule has 0 amide bonds.